The summed E-state index contributed by atoms with van der Waals surface area (Å²) in [7, 11) is 0. The van der Waals surface area contributed by atoms with Crippen LogP contribution in [0.2, 0.25) is 5.02 Å². The molecule has 170 valence electrons. The largest absolute Gasteiger partial charge is 0.490 e. The van der Waals surface area contributed by atoms with Crippen molar-refractivity contribution in [2.24, 2.45) is 0 Å². The monoisotopic (exact) mass is 475 g/mol. The normalized spacial score (nSPS) is 15.9. The topological polar surface area (TPSA) is 65.1 Å². The van der Waals surface area contributed by atoms with Crippen molar-refractivity contribution in [3.63, 3.8) is 0 Å². The van der Waals surface area contributed by atoms with Crippen molar-refractivity contribution >= 4 is 40.6 Å². The summed E-state index contributed by atoms with van der Waals surface area (Å²) in [5.41, 5.74) is 0.753. The summed E-state index contributed by atoms with van der Waals surface area (Å²) in [6, 6.07) is 12.5. The smallest absolute Gasteiger partial charge is 0.293 e. The Balaban J connectivity index is 1.69. The van der Waals surface area contributed by atoms with Crippen LogP contribution >= 0.6 is 23.4 Å². The number of para-hydroxylation sites is 1. The Morgan fingerprint density at radius 1 is 1.06 bits per heavy atom. The zero-order valence-electron chi connectivity index (χ0n) is 18.3. The number of carbonyl (C=O) groups is 2. The van der Waals surface area contributed by atoms with Crippen molar-refractivity contribution in [3.05, 3.63) is 58.0 Å². The Labute approximate surface area is 197 Å². The molecule has 0 radical (unpaired) electrons. The molecule has 0 N–H and O–H groups in total. The summed E-state index contributed by atoms with van der Waals surface area (Å²) in [4.78, 5) is 26.7. The predicted molar refractivity (Wildman–Crippen MR) is 128 cm³/mol. The van der Waals surface area contributed by atoms with E-state index in [4.69, 9.17) is 25.8 Å². The van der Waals surface area contributed by atoms with Gasteiger partial charge in [-0.1, -0.05) is 36.7 Å². The molecule has 1 atom stereocenters. The number of thioether (sulfide) groups is 1. The van der Waals surface area contributed by atoms with Gasteiger partial charge in [-0.3, -0.25) is 14.5 Å². The molecule has 0 spiro atoms. The fourth-order valence-corrected chi connectivity index (χ4v) is 3.99. The van der Waals surface area contributed by atoms with Crippen molar-refractivity contribution in [1.29, 1.82) is 0 Å². The Morgan fingerprint density at radius 3 is 2.56 bits per heavy atom. The zero-order valence-corrected chi connectivity index (χ0v) is 19.9. The number of hydrogen-bond donors (Lipinski definition) is 0. The molecule has 0 saturated carbocycles. The summed E-state index contributed by atoms with van der Waals surface area (Å²) < 4.78 is 17.2. The third-order valence-electron chi connectivity index (χ3n) is 4.75. The number of rotatable bonds is 10. The molecule has 1 unspecified atom stereocenters. The summed E-state index contributed by atoms with van der Waals surface area (Å²) in [5, 5.41) is 0.151. The van der Waals surface area contributed by atoms with Gasteiger partial charge >= 0.3 is 0 Å². The van der Waals surface area contributed by atoms with E-state index in [0.717, 1.165) is 23.7 Å². The van der Waals surface area contributed by atoms with Crippen molar-refractivity contribution < 1.29 is 23.8 Å². The maximum Gasteiger partial charge on any atom is 0.293 e. The quantitative estimate of drug-likeness (QED) is 0.391. The highest BCUT2D eigenvalue weighted by Gasteiger charge is 2.34. The molecule has 32 heavy (non-hydrogen) atoms. The van der Waals surface area contributed by atoms with Gasteiger partial charge in [0.1, 0.15) is 12.4 Å². The third-order valence-corrected chi connectivity index (χ3v) is 5.97. The molecular weight excluding hydrogens is 450 g/mol. The van der Waals surface area contributed by atoms with Crippen LogP contribution in [0.5, 0.6) is 17.2 Å². The molecule has 2 aromatic rings. The van der Waals surface area contributed by atoms with Crippen molar-refractivity contribution in [2.75, 3.05) is 19.8 Å². The first kappa shape index (κ1) is 24.0. The molecule has 1 saturated heterocycles. The molecule has 8 heteroatoms. The standard InChI is InChI=1S/C24H26ClNO5S/c1-4-16(3)31-20-11-10-17(14-21(20)29-5-2)15-22-23(27)26(24(28)32-22)12-13-30-19-9-7-6-8-18(19)25/h6-11,14-16H,4-5,12-13H2,1-3H3/b22-15-. The molecule has 1 aliphatic rings. The van der Waals surface area contributed by atoms with Gasteiger partial charge in [0.2, 0.25) is 0 Å². The highest BCUT2D eigenvalue weighted by Crippen LogP contribution is 2.35. The van der Waals surface area contributed by atoms with Gasteiger partial charge in [-0.15, -0.1) is 0 Å². The fourth-order valence-electron chi connectivity index (χ4n) is 2.93. The Hall–Kier alpha value is -2.64. The van der Waals surface area contributed by atoms with Crippen LogP contribution in [-0.4, -0.2) is 41.9 Å². The number of ether oxygens (including phenoxy) is 3. The minimum Gasteiger partial charge on any atom is -0.490 e. The minimum atomic E-state index is -0.347. The fraction of sp³-hybridized carbons (Fsp3) is 0.333. The van der Waals surface area contributed by atoms with Gasteiger partial charge in [-0.2, -0.15) is 0 Å². The van der Waals surface area contributed by atoms with Crippen molar-refractivity contribution in [1.82, 2.24) is 4.90 Å². The molecule has 2 amide bonds. The number of benzene rings is 2. The van der Waals surface area contributed by atoms with Gasteiger partial charge in [0.25, 0.3) is 11.1 Å². The lowest BCUT2D eigenvalue weighted by Gasteiger charge is -2.16. The van der Waals surface area contributed by atoms with Gasteiger partial charge in [0.15, 0.2) is 11.5 Å². The maximum absolute atomic E-state index is 12.8. The highest BCUT2D eigenvalue weighted by atomic mass is 35.5. The van der Waals surface area contributed by atoms with E-state index in [1.165, 1.54) is 4.90 Å². The Morgan fingerprint density at radius 2 is 1.84 bits per heavy atom. The maximum atomic E-state index is 12.8. The van der Waals surface area contributed by atoms with Gasteiger partial charge in [0.05, 0.1) is 29.2 Å². The minimum absolute atomic E-state index is 0.0598. The first-order chi connectivity index (χ1) is 15.4. The molecular formula is C24H26ClNO5S. The summed E-state index contributed by atoms with van der Waals surface area (Å²) in [5.74, 6) is 1.43. The van der Waals surface area contributed by atoms with Crippen molar-refractivity contribution in [2.45, 2.75) is 33.3 Å². The lowest BCUT2D eigenvalue weighted by Crippen LogP contribution is -2.32. The van der Waals surface area contributed by atoms with E-state index in [0.29, 0.717) is 33.8 Å². The average Bonchev–Trinajstić information content (AvgIpc) is 3.04. The second-order valence-electron chi connectivity index (χ2n) is 7.09. The van der Waals surface area contributed by atoms with Crippen LogP contribution in [0, 0.1) is 0 Å². The molecule has 3 rings (SSSR count). The second kappa shape index (κ2) is 11.3. The van der Waals surface area contributed by atoms with Gasteiger partial charge in [0, 0.05) is 0 Å². The number of hydrogen-bond acceptors (Lipinski definition) is 6. The van der Waals surface area contributed by atoms with E-state index < -0.39 is 0 Å². The number of imide groups is 1. The van der Waals surface area contributed by atoms with Crippen LogP contribution in [0.25, 0.3) is 6.08 Å². The molecule has 1 heterocycles. The number of amides is 2. The Kier molecular flexibility index (Phi) is 8.47. The molecule has 0 aromatic heterocycles. The molecule has 1 fully saturated rings. The first-order valence-corrected chi connectivity index (χ1v) is 11.7. The Bertz CT molecular complexity index is 1010. The zero-order chi connectivity index (χ0) is 23.1. The summed E-state index contributed by atoms with van der Waals surface area (Å²) in [6.07, 6.45) is 2.63. The van der Waals surface area contributed by atoms with Gasteiger partial charge < -0.3 is 14.2 Å². The SMILES string of the molecule is CCOc1cc(/C=C2\SC(=O)N(CCOc3ccccc3Cl)C2=O)ccc1OC(C)CC. The van der Waals surface area contributed by atoms with E-state index in [9.17, 15) is 9.59 Å². The molecule has 0 aliphatic carbocycles. The van der Waals surface area contributed by atoms with Crippen LogP contribution in [0.1, 0.15) is 32.8 Å². The van der Waals surface area contributed by atoms with E-state index >= 15 is 0 Å². The summed E-state index contributed by atoms with van der Waals surface area (Å²) >= 11 is 6.98. The average molecular weight is 476 g/mol. The lowest BCUT2D eigenvalue weighted by atomic mass is 10.1. The predicted octanol–water partition coefficient (Wildman–Crippen LogP) is 6.03. The second-order valence-corrected chi connectivity index (χ2v) is 8.49. The number of nitrogens with zero attached hydrogens (tertiary/aromatic N) is 1. The van der Waals surface area contributed by atoms with E-state index in [-0.39, 0.29) is 30.4 Å². The van der Waals surface area contributed by atoms with Gasteiger partial charge in [-0.25, -0.2) is 0 Å². The molecule has 0 bridgehead atoms. The van der Waals surface area contributed by atoms with Crippen LogP contribution in [0.4, 0.5) is 4.79 Å². The van der Waals surface area contributed by atoms with Crippen LogP contribution in [0.3, 0.4) is 0 Å². The van der Waals surface area contributed by atoms with E-state index in [1.807, 2.05) is 32.0 Å². The first-order valence-electron chi connectivity index (χ1n) is 10.5. The van der Waals surface area contributed by atoms with Gasteiger partial charge in [-0.05, 0) is 67.9 Å². The molecule has 2 aromatic carbocycles. The lowest BCUT2D eigenvalue weighted by molar-refractivity contribution is -0.123. The molecule has 6 nitrogen and oxygen atoms in total. The van der Waals surface area contributed by atoms with E-state index in [1.54, 1.807) is 30.3 Å². The van der Waals surface area contributed by atoms with Crippen molar-refractivity contribution in [3.8, 4) is 17.2 Å². The van der Waals surface area contributed by atoms with Crippen LogP contribution in [0.15, 0.2) is 47.4 Å². The molecule has 1 aliphatic heterocycles. The van der Waals surface area contributed by atoms with E-state index in [2.05, 4.69) is 6.92 Å². The number of carbonyl (C=O) groups excluding carboxylic acids is 2. The third kappa shape index (κ3) is 5.99. The number of halogens is 1. The highest BCUT2D eigenvalue weighted by molar-refractivity contribution is 8.18. The van der Waals surface area contributed by atoms with Crippen LogP contribution in [-0.2, 0) is 4.79 Å². The summed E-state index contributed by atoms with van der Waals surface area (Å²) in [6.45, 7) is 6.73. The van der Waals surface area contributed by atoms with Crippen LogP contribution < -0.4 is 14.2 Å².